The molecule has 0 radical (unpaired) electrons. The normalized spacial score (nSPS) is 10.5. The van der Waals surface area contributed by atoms with Gasteiger partial charge in [0.2, 0.25) is 5.95 Å². The lowest BCUT2D eigenvalue weighted by atomic mass is 10.0. The molecule has 0 fully saturated rings. The molecule has 0 atom stereocenters. The van der Waals surface area contributed by atoms with Crippen molar-refractivity contribution in [3.63, 3.8) is 0 Å². The summed E-state index contributed by atoms with van der Waals surface area (Å²) in [6.45, 7) is 4.17. The van der Waals surface area contributed by atoms with Crippen LogP contribution in [0.5, 0.6) is 11.5 Å². The van der Waals surface area contributed by atoms with Crippen molar-refractivity contribution >= 4 is 23.2 Å². The van der Waals surface area contributed by atoms with Gasteiger partial charge in [-0.05, 0) is 29.7 Å². The molecule has 1 heterocycles. The van der Waals surface area contributed by atoms with Crippen molar-refractivity contribution in [1.82, 2.24) is 9.97 Å². The van der Waals surface area contributed by atoms with E-state index in [2.05, 4.69) is 34.4 Å². The van der Waals surface area contributed by atoms with Crippen molar-refractivity contribution in [3.8, 4) is 11.5 Å². The molecule has 3 rings (SSSR count). The first-order valence-corrected chi connectivity index (χ1v) is 9.23. The van der Waals surface area contributed by atoms with Crippen LogP contribution in [0.15, 0.2) is 54.9 Å². The number of carbonyl (C=O) groups is 1. The number of benzene rings is 2. The average molecular weight is 392 g/mol. The fourth-order valence-electron chi connectivity index (χ4n) is 2.86. The number of carbonyl (C=O) groups excluding carboxylic acids is 1. The highest BCUT2D eigenvalue weighted by Crippen LogP contribution is 2.30. The van der Waals surface area contributed by atoms with Gasteiger partial charge in [0.1, 0.15) is 0 Å². The number of nitrogens with one attached hydrogen (secondary N) is 2. The molecule has 7 nitrogen and oxygen atoms in total. The van der Waals surface area contributed by atoms with Crippen molar-refractivity contribution in [2.45, 2.75) is 19.8 Å². The zero-order valence-corrected chi connectivity index (χ0v) is 16.9. The number of methoxy groups -OCH3 is 2. The van der Waals surface area contributed by atoms with E-state index in [0.717, 1.165) is 16.9 Å². The van der Waals surface area contributed by atoms with Gasteiger partial charge in [0, 0.05) is 29.8 Å². The fourth-order valence-corrected chi connectivity index (χ4v) is 2.86. The van der Waals surface area contributed by atoms with Crippen molar-refractivity contribution < 1.29 is 14.3 Å². The van der Waals surface area contributed by atoms with Crippen LogP contribution in [-0.2, 0) is 0 Å². The minimum Gasteiger partial charge on any atom is -0.493 e. The van der Waals surface area contributed by atoms with Crippen LogP contribution in [0.1, 0.15) is 35.7 Å². The Hall–Kier alpha value is -3.61. The van der Waals surface area contributed by atoms with Crippen LogP contribution in [0.2, 0.25) is 0 Å². The van der Waals surface area contributed by atoms with Gasteiger partial charge in [-0.1, -0.05) is 32.0 Å². The predicted octanol–water partition coefficient (Wildman–Crippen LogP) is 4.61. The molecule has 0 unspecified atom stereocenters. The molecule has 29 heavy (non-hydrogen) atoms. The molecule has 1 amide bonds. The van der Waals surface area contributed by atoms with Crippen LogP contribution in [-0.4, -0.2) is 30.1 Å². The van der Waals surface area contributed by atoms with Gasteiger partial charge in [0.15, 0.2) is 11.5 Å². The average Bonchev–Trinajstić information content (AvgIpc) is 2.74. The summed E-state index contributed by atoms with van der Waals surface area (Å²) in [5.74, 6) is 1.65. The molecule has 7 heteroatoms. The number of rotatable bonds is 7. The van der Waals surface area contributed by atoms with Crippen molar-refractivity contribution in [2.75, 3.05) is 24.9 Å². The summed E-state index contributed by atoms with van der Waals surface area (Å²) in [6.07, 6.45) is 2.98. The molecule has 0 saturated carbocycles. The van der Waals surface area contributed by atoms with Gasteiger partial charge in [0.25, 0.3) is 5.91 Å². The van der Waals surface area contributed by atoms with Gasteiger partial charge in [-0.15, -0.1) is 0 Å². The molecule has 2 N–H and O–H groups in total. The number of amides is 1. The molecule has 0 bridgehead atoms. The monoisotopic (exact) mass is 392 g/mol. The minimum atomic E-state index is -0.254. The minimum absolute atomic E-state index is 0.254. The lowest BCUT2D eigenvalue weighted by Crippen LogP contribution is -2.14. The van der Waals surface area contributed by atoms with E-state index in [1.807, 2.05) is 30.3 Å². The van der Waals surface area contributed by atoms with Gasteiger partial charge in [-0.3, -0.25) is 4.79 Å². The Morgan fingerprint density at radius 2 is 1.66 bits per heavy atom. The number of para-hydroxylation sites is 1. The van der Waals surface area contributed by atoms with Gasteiger partial charge >= 0.3 is 0 Å². The van der Waals surface area contributed by atoms with E-state index >= 15 is 0 Å². The Kier molecular flexibility index (Phi) is 6.29. The van der Waals surface area contributed by atoms with E-state index in [1.54, 1.807) is 26.4 Å². The lowest BCUT2D eigenvalue weighted by Gasteiger charge is -2.13. The standard InChI is InChI=1S/C22H24N4O3/c1-14(2)17-7-5-6-8-18(17)26-21(27)15-12-23-22(24-13-15)25-16-9-10-19(28-3)20(11-16)29-4/h5-14H,1-4H3,(H,26,27)(H,23,24,25). The number of hydrogen-bond donors (Lipinski definition) is 2. The quantitative estimate of drug-likeness (QED) is 0.611. The highest BCUT2D eigenvalue weighted by atomic mass is 16.5. The van der Waals surface area contributed by atoms with E-state index in [9.17, 15) is 4.79 Å². The number of anilines is 3. The summed E-state index contributed by atoms with van der Waals surface area (Å²) in [6, 6.07) is 13.2. The maximum absolute atomic E-state index is 12.6. The zero-order chi connectivity index (χ0) is 20.8. The molecule has 0 spiro atoms. The molecule has 1 aromatic heterocycles. The van der Waals surface area contributed by atoms with Gasteiger partial charge in [-0.25, -0.2) is 9.97 Å². The van der Waals surface area contributed by atoms with E-state index in [4.69, 9.17) is 9.47 Å². The van der Waals surface area contributed by atoms with Crippen LogP contribution in [0.25, 0.3) is 0 Å². The number of hydrogen-bond acceptors (Lipinski definition) is 6. The predicted molar refractivity (Wildman–Crippen MR) is 113 cm³/mol. The Labute approximate surface area is 170 Å². The molecule has 0 aliphatic heterocycles. The highest BCUT2D eigenvalue weighted by Gasteiger charge is 2.12. The third-order valence-electron chi connectivity index (χ3n) is 4.38. The summed E-state index contributed by atoms with van der Waals surface area (Å²) in [4.78, 5) is 21.0. The summed E-state index contributed by atoms with van der Waals surface area (Å²) in [5.41, 5.74) is 2.99. The number of aromatic nitrogens is 2. The maximum atomic E-state index is 12.6. The molecular weight excluding hydrogens is 368 g/mol. The van der Waals surface area contributed by atoms with Crippen molar-refractivity contribution in [2.24, 2.45) is 0 Å². The van der Waals surface area contributed by atoms with E-state index in [0.29, 0.717) is 28.9 Å². The molecule has 150 valence electrons. The second-order valence-corrected chi connectivity index (χ2v) is 6.69. The lowest BCUT2D eigenvalue weighted by molar-refractivity contribution is 0.102. The van der Waals surface area contributed by atoms with E-state index in [1.165, 1.54) is 12.4 Å². The van der Waals surface area contributed by atoms with E-state index < -0.39 is 0 Å². The summed E-state index contributed by atoms with van der Waals surface area (Å²) < 4.78 is 10.5. The molecule has 0 saturated heterocycles. The Bertz CT molecular complexity index is 988. The van der Waals surface area contributed by atoms with Gasteiger partial charge < -0.3 is 20.1 Å². The van der Waals surface area contributed by atoms with Gasteiger partial charge in [0.05, 0.1) is 19.8 Å². The molecule has 0 aliphatic carbocycles. The summed E-state index contributed by atoms with van der Waals surface area (Å²) >= 11 is 0. The third-order valence-corrected chi connectivity index (χ3v) is 4.38. The first kappa shape index (κ1) is 20.1. The van der Waals surface area contributed by atoms with Crippen molar-refractivity contribution in [1.29, 1.82) is 0 Å². The Balaban J connectivity index is 1.71. The summed E-state index contributed by atoms with van der Waals surface area (Å²) in [7, 11) is 3.15. The maximum Gasteiger partial charge on any atom is 0.258 e. The Morgan fingerprint density at radius 1 is 0.966 bits per heavy atom. The largest absolute Gasteiger partial charge is 0.493 e. The van der Waals surface area contributed by atoms with Crippen molar-refractivity contribution in [3.05, 3.63) is 66.0 Å². The summed E-state index contributed by atoms with van der Waals surface area (Å²) in [5, 5.41) is 6.02. The Morgan fingerprint density at radius 3 is 2.31 bits per heavy atom. The topological polar surface area (TPSA) is 85.4 Å². The molecule has 2 aromatic carbocycles. The zero-order valence-electron chi connectivity index (χ0n) is 16.9. The SMILES string of the molecule is COc1ccc(Nc2ncc(C(=O)Nc3ccccc3C(C)C)cn2)cc1OC. The van der Waals surface area contributed by atoms with E-state index in [-0.39, 0.29) is 5.91 Å². The van der Waals surface area contributed by atoms with Crippen LogP contribution in [0.3, 0.4) is 0 Å². The van der Waals surface area contributed by atoms with Crippen LogP contribution in [0, 0.1) is 0 Å². The number of ether oxygens (including phenoxy) is 2. The third kappa shape index (κ3) is 4.82. The first-order chi connectivity index (χ1) is 14.0. The number of nitrogens with zero attached hydrogens (tertiary/aromatic N) is 2. The van der Waals surface area contributed by atoms with Crippen LogP contribution in [0.4, 0.5) is 17.3 Å². The molecular formula is C22H24N4O3. The molecule has 3 aromatic rings. The van der Waals surface area contributed by atoms with Crippen LogP contribution >= 0.6 is 0 Å². The second kappa shape index (κ2) is 9.05. The smallest absolute Gasteiger partial charge is 0.258 e. The second-order valence-electron chi connectivity index (χ2n) is 6.69. The first-order valence-electron chi connectivity index (χ1n) is 9.23. The van der Waals surface area contributed by atoms with Crippen LogP contribution < -0.4 is 20.1 Å². The highest BCUT2D eigenvalue weighted by molar-refractivity contribution is 6.04. The molecule has 0 aliphatic rings. The fraction of sp³-hybridized carbons (Fsp3) is 0.227. The van der Waals surface area contributed by atoms with Gasteiger partial charge in [-0.2, -0.15) is 0 Å².